The van der Waals surface area contributed by atoms with Crippen LogP contribution in [0.3, 0.4) is 0 Å². The first-order chi connectivity index (χ1) is 6.16. The molecule has 0 bridgehead atoms. The standard InChI is InChI=1S/C10H15NO2/c1-3-8(2)9(10(12)13)11-6-4-5-7-11/h4-9H,3H2,1-2H3,(H,12,13)/t8?,9-/m0/s1. The molecule has 1 aromatic heterocycles. The van der Waals surface area contributed by atoms with Crippen molar-refractivity contribution in [2.45, 2.75) is 26.3 Å². The van der Waals surface area contributed by atoms with Crippen LogP contribution in [0.5, 0.6) is 0 Å². The zero-order valence-electron chi connectivity index (χ0n) is 7.97. The molecule has 0 aliphatic carbocycles. The van der Waals surface area contributed by atoms with Gasteiger partial charge in [-0.15, -0.1) is 0 Å². The molecule has 0 saturated carbocycles. The molecule has 1 unspecified atom stereocenters. The number of rotatable bonds is 4. The number of hydrogen-bond donors (Lipinski definition) is 1. The molecule has 3 heteroatoms. The Kier molecular flexibility index (Phi) is 3.12. The van der Waals surface area contributed by atoms with Crippen LogP contribution >= 0.6 is 0 Å². The third-order valence-electron chi connectivity index (χ3n) is 2.38. The monoisotopic (exact) mass is 181 g/mol. The predicted molar refractivity (Wildman–Crippen MR) is 50.6 cm³/mol. The van der Waals surface area contributed by atoms with Gasteiger partial charge in [0, 0.05) is 12.4 Å². The molecule has 1 heterocycles. The lowest BCUT2D eigenvalue weighted by atomic mass is 9.99. The maximum Gasteiger partial charge on any atom is 0.326 e. The Balaban J connectivity index is 2.87. The van der Waals surface area contributed by atoms with Crippen LogP contribution in [0.1, 0.15) is 26.3 Å². The molecule has 3 nitrogen and oxygen atoms in total. The van der Waals surface area contributed by atoms with E-state index in [4.69, 9.17) is 5.11 Å². The van der Waals surface area contributed by atoms with Gasteiger partial charge in [0.2, 0.25) is 0 Å². The molecule has 1 rings (SSSR count). The van der Waals surface area contributed by atoms with Gasteiger partial charge in [-0.1, -0.05) is 20.3 Å². The average Bonchev–Trinajstić information content (AvgIpc) is 2.56. The highest BCUT2D eigenvalue weighted by Gasteiger charge is 2.23. The summed E-state index contributed by atoms with van der Waals surface area (Å²) in [7, 11) is 0. The van der Waals surface area contributed by atoms with E-state index in [1.807, 2.05) is 26.0 Å². The van der Waals surface area contributed by atoms with Crippen LogP contribution in [-0.4, -0.2) is 15.6 Å². The minimum Gasteiger partial charge on any atom is -0.480 e. The number of aromatic nitrogens is 1. The Bertz CT molecular complexity index is 266. The molecular weight excluding hydrogens is 166 g/mol. The molecule has 0 saturated heterocycles. The second kappa shape index (κ2) is 4.12. The zero-order valence-corrected chi connectivity index (χ0v) is 7.97. The van der Waals surface area contributed by atoms with Crippen molar-refractivity contribution >= 4 is 5.97 Å². The third kappa shape index (κ3) is 2.11. The normalized spacial score (nSPS) is 15.2. The number of nitrogens with zero attached hydrogens (tertiary/aromatic N) is 1. The Morgan fingerprint density at radius 3 is 2.38 bits per heavy atom. The molecule has 2 atom stereocenters. The second-order valence-corrected chi connectivity index (χ2v) is 3.30. The minimum absolute atomic E-state index is 0.157. The summed E-state index contributed by atoms with van der Waals surface area (Å²) in [5, 5.41) is 9.03. The Labute approximate surface area is 78.0 Å². The summed E-state index contributed by atoms with van der Waals surface area (Å²) in [6, 6.07) is 3.26. The lowest BCUT2D eigenvalue weighted by molar-refractivity contribution is -0.142. The van der Waals surface area contributed by atoms with E-state index < -0.39 is 12.0 Å². The summed E-state index contributed by atoms with van der Waals surface area (Å²) in [6.07, 6.45) is 4.46. The lowest BCUT2D eigenvalue weighted by Gasteiger charge is -2.20. The van der Waals surface area contributed by atoms with Crippen LogP contribution < -0.4 is 0 Å². The molecule has 1 N–H and O–H groups in total. The van der Waals surface area contributed by atoms with Crippen molar-refractivity contribution in [3.8, 4) is 0 Å². The molecule has 0 radical (unpaired) electrons. The van der Waals surface area contributed by atoms with Gasteiger partial charge in [-0.05, 0) is 18.1 Å². The van der Waals surface area contributed by atoms with E-state index >= 15 is 0 Å². The van der Waals surface area contributed by atoms with Crippen molar-refractivity contribution in [3.63, 3.8) is 0 Å². The fourth-order valence-electron chi connectivity index (χ4n) is 1.42. The van der Waals surface area contributed by atoms with Crippen LogP contribution in [0.2, 0.25) is 0 Å². The van der Waals surface area contributed by atoms with Crippen molar-refractivity contribution in [1.82, 2.24) is 4.57 Å². The van der Waals surface area contributed by atoms with Crippen molar-refractivity contribution in [1.29, 1.82) is 0 Å². The predicted octanol–water partition coefficient (Wildman–Crippen LogP) is 2.16. The van der Waals surface area contributed by atoms with Gasteiger partial charge in [0.25, 0.3) is 0 Å². The van der Waals surface area contributed by atoms with Crippen molar-refractivity contribution in [3.05, 3.63) is 24.5 Å². The number of aliphatic carboxylic acids is 1. The van der Waals surface area contributed by atoms with Crippen LogP contribution in [0.4, 0.5) is 0 Å². The van der Waals surface area contributed by atoms with Gasteiger partial charge in [-0.3, -0.25) is 0 Å². The largest absolute Gasteiger partial charge is 0.480 e. The highest BCUT2D eigenvalue weighted by atomic mass is 16.4. The molecule has 1 aromatic rings. The Hall–Kier alpha value is -1.25. The summed E-state index contributed by atoms with van der Waals surface area (Å²) in [5.41, 5.74) is 0. The van der Waals surface area contributed by atoms with E-state index in [1.165, 1.54) is 0 Å². The molecule has 0 spiro atoms. The zero-order chi connectivity index (χ0) is 9.84. The smallest absolute Gasteiger partial charge is 0.326 e. The molecule has 0 fully saturated rings. The molecule has 13 heavy (non-hydrogen) atoms. The van der Waals surface area contributed by atoms with Crippen LogP contribution in [-0.2, 0) is 4.79 Å². The third-order valence-corrected chi connectivity index (χ3v) is 2.38. The lowest BCUT2D eigenvalue weighted by Crippen LogP contribution is -2.24. The van der Waals surface area contributed by atoms with Crippen molar-refractivity contribution in [2.24, 2.45) is 5.92 Å². The molecular formula is C10H15NO2. The Morgan fingerprint density at radius 1 is 1.46 bits per heavy atom. The van der Waals surface area contributed by atoms with E-state index in [0.717, 1.165) is 6.42 Å². The molecule has 0 aliphatic rings. The van der Waals surface area contributed by atoms with E-state index in [1.54, 1.807) is 17.0 Å². The topological polar surface area (TPSA) is 42.2 Å². The maximum absolute atomic E-state index is 11.0. The SMILES string of the molecule is CCC(C)[C@@H](C(=O)O)n1cccc1. The number of hydrogen-bond acceptors (Lipinski definition) is 1. The van der Waals surface area contributed by atoms with E-state index in [-0.39, 0.29) is 5.92 Å². The summed E-state index contributed by atoms with van der Waals surface area (Å²) in [4.78, 5) is 11.0. The van der Waals surface area contributed by atoms with Crippen LogP contribution in [0.15, 0.2) is 24.5 Å². The van der Waals surface area contributed by atoms with Crippen LogP contribution in [0.25, 0.3) is 0 Å². The fraction of sp³-hybridized carbons (Fsp3) is 0.500. The van der Waals surface area contributed by atoms with Gasteiger partial charge in [-0.25, -0.2) is 4.79 Å². The van der Waals surface area contributed by atoms with Gasteiger partial charge in [0.15, 0.2) is 0 Å². The summed E-state index contributed by atoms with van der Waals surface area (Å²) in [6.45, 7) is 3.96. The first-order valence-corrected chi connectivity index (χ1v) is 4.52. The fourth-order valence-corrected chi connectivity index (χ4v) is 1.42. The first-order valence-electron chi connectivity index (χ1n) is 4.52. The molecule has 0 aliphatic heterocycles. The van der Waals surface area contributed by atoms with E-state index in [9.17, 15) is 4.79 Å². The highest BCUT2D eigenvalue weighted by molar-refractivity contribution is 5.72. The number of carboxylic acid groups (broad SMARTS) is 1. The van der Waals surface area contributed by atoms with Gasteiger partial charge >= 0.3 is 5.97 Å². The van der Waals surface area contributed by atoms with Crippen LogP contribution in [0, 0.1) is 5.92 Å². The van der Waals surface area contributed by atoms with Crippen molar-refractivity contribution in [2.75, 3.05) is 0 Å². The van der Waals surface area contributed by atoms with Gasteiger partial charge in [-0.2, -0.15) is 0 Å². The number of carboxylic acids is 1. The molecule has 0 amide bonds. The molecule has 0 aromatic carbocycles. The quantitative estimate of drug-likeness (QED) is 0.773. The summed E-state index contributed by atoms with van der Waals surface area (Å²) >= 11 is 0. The van der Waals surface area contributed by atoms with Crippen molar-refractivity contribution < 1.29 is 9.90 Å². The second-order valence-electron chi connectivity index (χ2n) is 3.30. The first kappa shape index (κ1) is 9.84. The van der Waals surface area contributed by atoms with Gasteiger partial charge < -0.3 is 9.67 Å². The molecule has 72 valence electrons. The van der Waals surface area contributed by atoms with Gasteiger partial charge in [0.05, 0.1) is 0 Å². The van der Waals surface area contributed by atoms with E-state index in [2.05, 4.69) is 0 Å². The number of carbonyl (C=O) groups is 1. The summed E-state index contributed by atoms with van der Waals surface area (Å²) < 4.78 is 1.75. The Morgan fingerprint density at radius 2 is 2.00 bits per heavy atom. The van der Waals surface area contributed by atoms with E-state index in [0.29, 0.717) is 0 Å². The maximum atomic E-state index is 11.0. The minimum atomic E-state index is -0.759. The average molecular weight is 181 g/mol. The van der Waals surface area contributed by atoms with Gasteiger partial charge in [0.1, 0.15) is 6.04 Å². The highest BCUT2D eigenvalue weighted by Crippen LogP contribution is 2.21. The summed E-state index contributed by atoms with van der Waals surface area (Å²) in [5.74, 6) is -0.601.